The molecule has 4 aromatic rings. The molecule has 2 heterocycles. The second kappa shape index (κ2) is 14.9. The molecule has 2 N–H and O–H groups in total. The summed E-state index contributed by atoms with van der Waals surface area (Å²) in [6.45, 7) is 9.75. The minimum Gasteiger partial charge on any atom is -0.508 e. The van der Waals surface area contributed by atoms with Crippen LogP contribution in [0.2, 0.25) is 0 Å². The van der Waals surface area contributed by atoms with Gasteiger partial charge in [0.2, 0.25) is 5.78 Å². The molecule has 0 spiro atoms. The number of hydrogen-bond donors (Lipinski definition) is 2. The molecule has 8 rings (SSSR count). The van der Waals surface area contributed by atoms with E-state index in [2.05, 4.69) is 42.2 Å². The van der Waals surface area contributed by atoms with Crippen LogP contribution < -0.4 is 14.4 Å². The van der Waals surface area contributed by atoms with Crippen LogP contribution >= 0.6 is 0 Å². The molecule has 290 valence electrons. The van der Waals surface area contributed by atoms with E-state index in [0.717, 1.165) is 40.9 Å². The van der Waals surface area contributed by atoms with Crippen molar-refractivity contribution >= 4 is 17.3 Å². The van der Waals surface area contributed by atoms with Crippen molar-refractivity contribution in [2.45, 2.75) is 50.2 Å². The number of rotatable bonds is 12. The number of anilines is 1. The van der Waals surface area contributed by atoms with Gasteiger partial charge in [-0.3, -0.25) is 14.5 Å². The van der Waals surface area contributed by atoms with Gasteiger partial charge in [0.1, 0.15) is 30.3 Å². The van der Waals surface area contributed by atoms with Crippen LogP contribution in [0.25, 0.3) is 0 Å². The summed E-state index contributed by atoms with van der Waals surface area (Å²) in [6, 6.07) is 20.5. The van der Waals surface area contributed by atoms with Crippen LogP contribution in [0, 0.1) is 11.8 Å². The number of ketones is 2. The first kappa shape index (κ1) is 37.4. The molecule has 1 aliphatic heterocycles. The van der Waals surface area contributed by atoms with E-state index in [-0.39, 0.29) is 48.5 Å². The van der Waals surface area contributed by atoms with Crippen molar-refractivity contribution in [3.63, 3.8) is 0 Å². The Balaban J connectivity index is 1.28. The van der Waals surface area contributed by atoms with Gasteiger partial charge in [0.15, 0.2) is 17.1 Å². The van der Waals surface area contributed by atoms with E-state index < -0.39 is 40.8 Å². The summed E-state index contributed by atoms with van der Waals surface area (Å²) in [4.78, 5) is 36.3. The van der Waals surface area contributed by atoms with Gasteiger partial charge in [0, 0.05) is 49.9 Å². The van der Waals surface area contributed by atoms with E-state index in [4.69, 9.17) is 14.0 Å². The second-order valence-corrected chi connectivity index (χ2v) is 15.5. The fraction of sp³-hybridized carbons (Fsp3) is 0.356. The van der Waals surface area contributed by atoms with Gasteiger partial charge in [0.25, 0.3) is 5.88 Å². The summed E-state index contributed by atoms with van der Waals surface area (Å²) in [7, 11) is 6.16. The van der Waals surface area contributed by atoms with Gasteiger partial charge in [-0.25, -0.2) is 0 Å². The predicted molar refractivity (Wildman–Crippen MR) is 212 cm³/mol. The first-order valence-electron chi connectivity index (χ1n) is 19.2. The van der Waals surface area contributed by atoms with Gasteiger partial charge < -0.3 is 34.0 Å². The Kier molecular flexibility index (Phi) is 9.94. The Bertz CT molecular complexity index is 2200. The van der Waals surface area contributed by atoms with E-state index in [1.165, 1.54) is 0 Å². The average molecular weight is 757 g/mol. The minimum atomic E-state index is -2.49. The fourth-order valence-electron chi connectivity index (χ4n) is 9.46. The topological polar surface area (TPSA) is 129 Å². The smallest absolute Gasteiger partial charge is 0.265 e. The lowest BCUT2D eigenvalue weighted by atomic mass is 9.58. The van der Waals surface area contributed by atoms with Gasteiger partial charge in [-0.2, -0.15) is 0 Å². The van der Waals surface area contributed by atoms with E-state index in [1.807, 2.05) is 78.7 Å². The number of ether oxygens (including phenoxy) is 2. The van der Waals surface area contributed by atoms with Crippen LogP contribution in [-0.2, 0) is 19.6 Å². The predicted octanol–water partition coefficient (Wildman–Crippen LogP) is 6.80. The van der Waals surface area contributed by atoms with Crippen LogP contribution in [0.1, 0.15) is 73.7 Å². The van der Waals surface area contributed by atoms with Gasteiger partial charge in [0.05, 0.1) is 11.6 Å². The summed E-state index contributed by atoms with van der Waals surface area (Å²) >= 11 is 0. The van der Waals surface area contributed by atoms with Crippen molar-refractivity contribution in [1.29, 1.82) is 0 Å². The molecule has 4 aliphatic rings. The third-order valence-corrected chi connectivity index (χ3v) is 12.0. The molecular formula is C45H48N4O7. The van der Waals surface area contributed by atoms with Crippen molar-refractivity contribution in [3.8, 4) is 11.6 Å². The Morgan fingerprint density at radius 2 is 1.62 bits per heavy atom. The highest BCUT2D eigenvalue weighted by molar-refractivity contribution is 6.16. The fourth-order valence-corrected chi connectivity index (χ4v) is 9.46. The summed E-state index contributed by atoms with van der Waals surface area (Å²) in [5.74, 6) is -2.81. The molecule has 0 fully saturated rings. The number of carbonyl (C=O) groups is 2. The van der Waals surface area contributed by atoms with Crippen LogP contribution in [0.3, 0.4) is 0 Å². The number of fused-ring (bicyclic) bond motifs is 6. The Labute approximate surface area is 327 Å². The maximum absolute atomic E-state index is 15.1. The molecule has 3 aliphatic carbocycles. The number of benzene rings is 3. The first-order valence-corrected chi connectivity index (χ1v) is 19.2. The van der Waals surface area contributed by atoms with E-state index >= 15 is 4.79 Å². The molecule has 1 aromatic heterocycles. The number of Topliss-reactive ketones (excluding diaryl/α,β-unsaturated/α-hetero) is 2. The molecule has 56 heavy (non-hydrogen) atoms. The van der Waals surface area contributed by atoms with Crippen molar-refractivity contribution < 1.29 is 33.8 Å². The third kappa shape index (κ3) is 6.05. The number of hydrogen-bond acceptors (Lipinski definition) is 11. The zero-order valence-corrected chi connectivity index (χ0v) is 32.1. The molecule has 0 amide bonds. The highest BCUT2D eigenvalue weighted by Crippen LogP contribution is 2.58. The molecule has 5 atom stereocenters. The van der Waals surface area contributed by atoms with E-state index in [0.29, 0.717) is 30.8 Å². The van der Waals surface area contributed by atoms with E-state index in [9.17, 15) is 15.0 Å². The SMILES string of the molecule is C=CCN(CC=C)[C@@H]1c2onc(OCc3ccccc3)c2C(=O)[C@@]2(O)C(O)=C3C(=O)c4c(OCc5ccccc5)cc5c(c4C[C@H]3C[C@@H]12)N(C)CCC5N(C)C. The molecule has 11 nitrogen and oxygen atoms in total. The number of aliphatic hydroxyl groups excluding tert-OH is 1. The largest absolute Gasteiger partial charge is 0.508 e. The number of nitrogens with zero attached hydrogens (tertiary/aromatic N) is 4. The lowest BCUT2D eigenvalue weighted by molar-refractivity contribution is -0.0601. The highest BCUT2D eigenvalue weighted by Gasteiger charge is 2.64. The lowest BCUT2D eigenvalue weighted by Crippen LogP contribution is -2.60. The van der Waals surface area contributed by atoms with E-state index in [1.54, 1.807) is 12.2 Å². The Morgan fingerprint density at radius 3 is 2.25 bits per heavy atom. The average Bonchev–Trinajstić information content (AvgIpc) is 3.62. The molecule has 0 bridgehead atoms. The number of aliphatic hydroxyl groups is 2. The van der Waals surface area contributed by atoms with Crippen molar-refractivity contribution in [2.24, 2.45) is 11.8 Å². The maximum Gasteiger partial charge on any atom is 0.265 e. The van der Waals surface area contributed by atoms with Crippen molar-refractivity contribution in [1.82, 2.24) is 15.0 Å². The molecular weight excluding hydrogens is 709 g/mol. The molecule has 0 saturated carbocycles. The normalized spacial score (nSPS) is 23.9. The number of aromatic nitrogens is 1. The van der Waals surface area contributed by atoms with Crippen LogP contribution in [0.15, 0.2) is 108 Å². The summed E-state index contributed by atoms with van der Waals surface area (Å²) in [6.07, 6.45) is 4.95. The Morgan fingerprint density at radius 1 is 0.982 bits per heavy atom. The molecule has 0 radical (unpaired) electrons. The van der Waals surface area contributed by atoms with Gasteiger partial charge in [-0.1, -0.05) is 72.8 Å². The lowest BCUT2D eigenvalue weighted by Gasteiger charge is -2.50. The van der Waals surface area contributed by atoms with Crippen LogP contribution in [-0.4, -0.2) is 83.1 Å². The third-order valence-electron chi connectivity index (χ3n) is 12.0. The van der Waals surface area contributed by atoms with Gasteiger partial charge in [-0.15, -0.1) is 13.2 Å². The zero-order chi connectivity index (χ0) is 39.3. The van der Waals surface area contributed by atoms with Crippen molar-refractivity contribution in [2.75, 3.05) is 45.7 Å². The number of allylic oxidation sites excluding steroid dienone is 1. The summed E-state index contributed by atoms with van der Waals surface area (Å²) < 4.78 is 18.6. The Hall–Kier alpha value is -5.49. The first-order chi connectivity index (χ1) is 27.1. The highest BCUT2D eigenvalue weighted by atomic mass is 16.5. The van der Waals surface area contributed by atoms with Gasteiger partial charge in [-0.05, 0) is 72.8 Å². The minimum absolute atomic E-state index is 0.0288. The summed E-state index contributed by atoms with van der Waals surface area (Å²) in [5, 5.41) is 29.5. The maximum atomic E-state index is 15.1. The molecule has 3 aromatic carbocycles. The molecule has 11 heteroatoms. The molecule has 1 unspecified atom stereocenters. The second-order valence-electron chi connectivity index (χ2n) is 15.5. The number of carbonyl (C=O) groups excluding carboxylic acids is 2. The quantitative estimate of drug-likeness (QED) is 0.148. The van der Waals surface area contributed by atoms with Crippen LogP contribution in [0.4, 0.5) is 5.69 Å². The van der Waals surface area contributed by atoms with Crippen molar-refractivity contribution in [3.05, 3.63) is 143 Å². The standard InChI is InChI=1S/C45H48N4O7/c1-6-19-49(20-7-2)39-32-23-29-22-31-36(34(54-25-27-14-10-8-11-15-27)24-30-33(47(3)4)18-21-48(5)38(30)31)40(50)35(29)42(51)45(32,53)43(52)37-41(39)56-46-44(37)55-26-28-16-12-9-13-17-28/h6-17,24,29,32-33,39,51,53H,1-2,18-23,25-26H2,3-5H3/t29-,32-,33?,39-,45-/m0/s1. The monoisotopic (exact) mass is 756 g/mol. The van der Waals surface area contributed by atoms with Gasteiger partial charge >= 0.3 is 0 Å². The van der Waals surface area contributed by atoms with Crippen LogP contribution in [0.5, 0.6) is 11.6 Å². The molecule has 0 saturated heterocycles. The summed E-state index contributed by atoms with van der Waals surface area (Å²) in [5.41, 5.74) is 2.52. The zero-order valence-electron chi connectivity index (χ0n) is 32.1.